The molecular formula is C25H27ClN2O8. The zero-order chi connectivity index (χ0) is 29.6. The summed E-state index contributed by atoms with van der Waals surface area (Å²) in [4.78, 5) is 26.8. The minimum absolute atomic E-state index is 0.247. The number of amides is 1. The van der Waals surface area contributed by atoms with Crippen molar-refractivity contribution in [3.8, 4) is 5.75 Å². The average molecular weight is 523 g/mol. The topological polar surface area (TPSA) is 150 Å². The van der Waals surface area contributed by atoms with Crippen molar-refractivity contribution in [1.82, 2.24) is 9.88 Å². The molecule has 3 aromatic rings. The molecule has 5 N–H and O–H groups in total. The van der Waals surface area contributed by atoms with Crippen LogP contribution in [0.2, 0.25) is 5.02 Å². The largest absolute Gasteiger partial charge is 0.497 e. The Morgan fingerprint density at radius 3 is 2.53 bits per heavy atom. The summed E-state index contributed by atoms with van der Waals surface area (Å²) < 4.78 is 44.0. The van der Waals surface area contributed by atoms with Gasteiger partial charge >= 0.3 is 0 Å². The van der Waals surface area contributed by atoms with Gasteiger partial charge in [-0.15, -0.1) is 0 Å². The molecule has 0 radical (unpaired) electrons. The number of benzene rings is 2. The summed E-state index contributed by atoms with van der Waals surface area (Å²) in [7, 11) is 1.43. The van der Waals surface area contributed by atoms with Crippen molar-refractivity contribution in [2.75, 3.05) is 13.7 Å². The van der Waals surface area contributed by atoms with Crippen molar-refractivity contribution in [3.63, 3.8) is 0 Å². The Kier molecular flexibility index (Phi) is 6.19. The lowest BCUT2D eigenvalue weighted by Gasteiger charge is -2.40. The summed E-state index contributed by atoms with van der Waals surface area (Å²) in [5, 5.41) is 42.4. The lowest BCUT2D eigenvalue weighted by molar-refractivity contribution is -0.253. The minimum Gasteiger partial charge on any atom is -0.497 e. The Morgan fingerprint density at radius 1 is 1.19 bits per heavy atom. The Hall–Kier alpha value is -2.99. The number of hydrogen-bond acceptors (Lipinski definition) is 8. The van der Waals surface area contributed by atoms with Gasteiger partial charge in [-0.3, -0.25) is 14.2 Å². The maximum absolute atomic E-state index is 13.7. The van der Waals surface area contributed by atoms with Crippen LogP contribution in [0.1, 0.15) is 27.1 Å². The van der Waals surface area contributed by atoms with Crippen molar-refractivity contribution in [2.24, 2.45) is 0 Å². The highest BCUT2D eigenvalue weighted by molar-refractivity contribution is 6.30. The van der Waals surface area contributed by atoms with E-state index in [9.17, 15) is 30.0 Å². The molecule has 2 heterocycles. The zero-order valence-corrected chi connectivity index (χ0v) is 20.0. The number of nitrogens with zero attached hydrogens (tertiary/aromatic N) is 1. The molecule has 1 amide bonds. The summed E-state index contributed by atoms with van der Waals surface area (Å²) in [6, 6.07) is 0.881. The molecule has 192 valence electrons. The van der Waals surface area contributed by atoms with E-state index in [2.05, 4.69) is 5.32 Å². The Morgan fingerprint density at radius 2 is 1.89 bits per heavy atom. The first-order valence-electron chi connectivity index (χ1n) is 12.9. The molecule has 2 aromatic carbocycles. The van der Waals surface area contributed by atoms with Crippen LogP contribution >= 0.6 is 11.6 Å². The first-order chi connectivity index (χ1) is 18.8. The summed E-state index contributed by atoms with van der Waals surface area (Å²) in [5.41, 5.74) is 0.361. The first-order valence-corrected chi connectivity index (χ1v) is 11.3. The maximum atomic E-state index is 13.7. The number of carbonyl (C=O) groups excluding carboxylic acids is 2. The molecule has 0 aliphatic carbocycles. The molecule has 1 aliphatic heterocycles. The summed E-state index contributed by atoms with van der Waals surface area (Å²) in [5.74, 6) is -1.19. The van der Waals surface area contributed by atoms with E-state index in [1.54, 1.807) is 18.2 Å². The standard InChI is InChI=1S/C25H27ClN2O8/c1-12-16(10-20(30)27-21-23(32)22(31)19(11-29)36-25(21)34)17-9-15(35-2)7-8-18(17)28(12)24(33)13-3-5-14(26)6-4-13/h3-9,19,21-23,25,29,31-32,34H,10-11H2,1-2H3,(H,27,30)/t19-,21-,22-,23-,25+/m1/s1/i3D,4D,5D,6D. The second-order valence-electron chi connectivity index (χ2n) is 8.28. The van der Waals surface area contributed by atoms with Gasteiger partial charge in [0.15, 0.2) is 6.29 Å². The Labute approximate surface area is 217 Å². The van der Waals surface area contributed by atoms with Gasteiger partial charge in [0.2, 0.25) is 5.91 Å². The molecule has 0 saturated carbocycles. The van der Waals surface area contributed by atoms with Crippen LogP contribution in [-0.2, 0) is 16.0 Å². The monoisotopic (exact) mass is 522 g/mol. The highest BCUT2D eigenvalue weighted by Gasteiger charge is 2.44. The number of hydrogen-bond donors (Lipinski definition) is 5. The van der Waals surface area contributed by atoms with Gasteiger partial charge in [0, 0.05) is 21.7 Å². The number of aromatic nitrogens is 1. The molecule has 11 heteroatoms. The number of nitrogens with one attached hydrogen (secondary N) is 1. The number of ether oxygens (including phenoxy) is 2. The predicted molar refractivity (Wildman–Crippen MR) is 130 cm³/mol. The van der Waals surface area contributed by atoms with Crippen LogP contribution in [0.4, 0.5) is 0 Å². The molecular weight excluding hydrogens is 492 g/mol. The van der Waals surface area contributed by atoms with Crippen LogP contribution in [0.15, 0.2) is 42.4 Å². The Bertz CT molecular complexity index is 1470. The van der Waals surface area contributed by atoms with E-state index in [0.29, 0.717) is 22.2 Å². The number of aliphatic hydroxyl groups excluding tert-OH is 4. The van der Waals surface area contributed by atoms with Gasteiger partial charge in [0.05, 0.1) is 31.1 Å². The molecule has 36 heavy (non-hydrogen) atoms. The highest BCUT2D eigenvalue weighted by atomic mass is 35.5. The van der Waals surface area contributed by atoms with Crippen LogP contribution in [0.5, 0.6) is 5.75 Å². The van der Waals surface area contributed by atoms with Crippen LogP contribution in [0.3, 0.4) is 0 Å². The van der Waals surface area contributed by atoms with E-state index in [-0.39, 0.29) is 12.1 Å². The molecule has 1 aliphatic rings. The maximum Gasteiger partial charge on any atom is 0.262 e. The fraction of sp³-hybridized carbons (Fsp3) is 0.360. The lowest BCUT2D eigenvalue weighted by atomic mass is 9.96. The molecule has 0 unspecified atom stereocenters. The molecule has 0 spiro atoms. The normalized spacial score (nSPS) is 25.6. The number of rotatable bonds is 6. The second kappa shape index (κ2) is 10.6. The van der Waals surface area contributed by atoms with Crippen LogP contribution < -0.4 is 10.1 Å². The summed E-state index contributed by atoms with van der Waals surface area (Å²) in [6.45, 7) is 0.865. The predicted octanol–water partition coefficient (Wildman–Crippen LogP) is 0.759. The van der Waals surface area contributed by atoms with Gasteiger partial charge in [-0.2, -0.15) is 0 Å². The van der Waals surface area contributed by atoms with E-state index in [0.717, 1.165) is 0 Å². The number of aliphatic hydroxyl groups is 4. The van der Waals surface area contributed by atoms with Gasteiger partial charge in [-0.1, -0.05) is 11.6 Å². The van der Waals surface area contributed by atoms with Crippen LogP contribution in [0, 0.1) is 6.92 Å². The van der Waals surface area contributed by atoms with Gasteiger partial charge in [-0.05, 0) is 54.9 Å². The van der Waals surface area contributed by atoms with Crippen LogP contribution in [-0.4, -0.2) is 81.2 Å². The molecule has 4 rings (SSSR count). The van der Waals surface area contributed by atoms with Crippen molar-refractivity contribution in [3.05, 3.63) is 64.2 Å². The number of halogens is 1. The first kappa shape index (κ1) is 21.1. The third kappa shape index (κ3) is 4.83. The van der Waals surface area contributed by atoms with Crippen molar-refractivity contribution in [2.45, 2.75) is 44.0 Å². The smallest absolute Gasteiger partial charge is 0.262 e. The quantitative estimate of drug-likeness (QED) is 0.318. The van der Waals surface area contributed by atoms with E-state index in [4.69, 9.17) is 26.6 Å². The Balaban J connectivity index is 1.76. The van der Waals surface area contributed by atoms with Crippen LogP contribution in [0.25, 0.3) is 10.9 Å². The molecule has 0 bridgehead atoms. The van der Waals surface area contributed by atoms with Gasteiger partial charge in [-0.25, -0.2) is 0 Å². The van der Waals surface area contributed by atoms with E-state index in [1.165, 1.54) is 18.6 Å². The molecule has 1 saturated heterocycles. The van der Waals surface area contributed by atoms with Crippen molar-refractivity contribution in [1.29, 1.82) is 0 Å². The van der Waals surface area contributed by atoms with E-state index < -0.39 is 83.8 Å². The third-order valence-corrected chi connectivity index (χ3v) is 6.31. The average Bonchev–Trinajstić information content (AvgIpc) is 3.20. The van der Waals surface area contributed by atoms with Gasteiger partial charge < -0.3 is 35.2 Å². The van der Waals surface area contributed by atoms with E-state index >= 15 is 0 Å². The number of carbonyl (C=O) groups is 2. The highest BCUT2D eigenvalue weighted by Crippen LogP contribution is 2.31. The molecule has 5 atom stereocenters. The molecule has 10 nitrogen and oxygen atoms in total. The minimum atomic E-state index is -1.72. The van der Waals surface area contributed by atoms with Gasteiger partial charge in [0.25, 0.3) is 5.91 Å². The zero-order valence-electron chi connectivity index (χ0n) is 23.3. The summed E-state index contributed by atoms with van der Waals surface area (Å²) >= 11 is 5.89. The SMILES string of the molecule is [2H]c1c([2H])c(C(=O)n2c(C)c(CC(=O)N[C@@H]3[C@@H](O)[C@H](O)[C@@H](CO)O[C@@H]3O)c3cc(OC)ccc32)c([2H])c([2H])c1Cl. The molecule has 1 aromatic heterocycles. The lowest BCUT2D eigenvalue weighted by Crippen LogP contribution is -2.64. The fourth-order valence-corrected chi connectivity index (χ4v) is 4.34. The second-order valence-corrected chi connectivity index (χ2v) is 8.65. The van der Waals surface area contributed by atoms with Gasteiger partial charge in [0.1, 0.15) is 30.1 Å². The number of fused-ring (bicyclic) bond motifs is 1. The van der Waals surface area contributed by atoms with Crippen molar-refractivity contribution >= 4 is 34.3 Å². The number of methoxy groups -OCH3 is 1. The molecule has 1 fully saturated rings. The fourth-order valence-electron chi connectivity index (χ4n) is 4.24. The summed E-state index contributed by atoms with van der Waals surface area (Å²) in [6.07, 6.45) is -6.58. The third-order valence-electron chi connectivity index (χ3n) is 6.12. The van der Waals surface area contributed by atoms with Crippen molar-refractivity contribution < 1.29 is 45.0 Å². The van der Waals surface area contributed by atoms with E-state index in [1.807, 2.05) is 0 Å².